The fraction of sp³-hybridized carbons (Fsp3) is 0.364. The van der Waals surface area contributed by atoms with Gasteiger partial charge in [0.1, 0.15) is 12.4 Å². The maximum absolute atomic E-state index is 10.4. The van der Waals surface area contributed by atoms with Crippen LogP contribution in [0.3, 0.4) is 0 Å². The largest absolute Gasteiger partial charge is 0.491 e. The van der Waals surface area contributed by atoms with Crippen molar-refractivity contribution in [3.05, 3.63) is 30.3 Å². The fourth-order valence-corrected chi connectivity index (χ4v) is 1.01. The van der Waals surface area contributed by atoms with Gasteiger partial charge in [0.2, 0.25) is 5.91 Å². The first kappa shape index (κ1) is 11.5. The van der Waals surface area contributed by atoms with E-state index < -0.39 is 0 Å². The lowest BCUT2D eigenvalue weighted by Gasteiger charge is -2.05. The quantitative estimate of drug-likeness (QED) is 0.680. The van der Waals surface area contributed by atoms with Crippen LogP contribution in [0.4, 0.5) is 0 Å². The number of primary amides is 1. The van der Waals surface area contributed by atoms with E-state index in [0.29, 0.717) is 19.8 Å². The van der Waals surface area contributed by atoms with Crippen molar-refractivity contribution < 1.29 is 14.3 Å². The van der Waals surface area contributed by atoms with Gasteiger partial charge in [0.05, 0.1) is 13.2 Å². The molecule has 0 fully saturated rings. The molecule has 4 nitrogen and oxygen atoms in total. The van der Waals surface area contributed by atoms with Crippen LogP contribution in [-0.4, -0.2) is 25.7 Å². The zero-order chi connectivity index (χ0) is 10.9. The maximum atomic E-state index is 10.4. The van der Waals surface area contributed by atoms with Crippen molar-refractivity contribution in [3.63, 3.8) is 0 Å². The highest BCUT2D eigenvalue weighted by Gasteiger charge is 1.95. The van der Waals surface area contributed by atoms with Crippen LogP contribution in [0.15, 0.2) is 30.3 Å². The Kier molecular flexibility index (Phi) is 5.25. The van der Waals surface area contributed by atoms with Crippen LogP contribution in [0.1, 0.15) is 6.42 Å². The Labute approximate surface area is 89.0 Å². The number of hydrogen-bond acceptors (Lipinski definition) is 3. The van der Waals surface area contributed by atoms with Gasteiger partial charge in [0.25, 0.3) is 0 Å². The second-order valence-corrected chi connectivity index (χ2v) is 2.99. The molecule has 1 aromatic rings. The van der Waals surface area contributed by atoms with Crippen LogP contribution in [0.2, 0.25) is 0 Å². The Bertz CT molecular complexity index is 287. The SMILES string of the molecule is NC(=O)CCOCCOc1ccccc1. The van der Waals surface area contributed by atoms with Crippen LogP contribution in [0, 0.1) is 0 Å². The number of para-hydroxylation sites is 1. The number of amides is 1. The predicted octanol–water partition coefficient (Wildman–Crippen LogP) is 0.957. The summed E-state index contributed by atoms with van der Waals surface area (Å²) >= 11 is 0. The molecule has 0 heterocycles. The highest BCUT2D eigenvalue weighted by atomic mass is 16.5. The topological polar surface area (TPSA) is 61.6 Å². The molecule has 0 aliphatic heterocycles. The lowest BCUT2D eigenvalue weighted by atomic mass is 10.3. The molecule has 0 aliphatic rings. The zero-order valence-electron chi connectivity index (χ0n) is 8.52. The summed E-state index contributed by atoms with van der Waals surface area (Å²) < 4.78 is 10.5. The van der Waals surface area contributed by atoms with Crippen molar-refractivity contribution in [1.82, 2.24) is 0 Å². The predicted molar refractivity (Wildman–Crippen MR) is 56.6 cm³/mol. The summed E-state index contributed by atoms with van der Waals surface area (Å²) in [5.74, 6) is 0.468. The molecule has 82 valence electrons. The van der Waals surface area contributed by atoms with Crippen molar-refractivity contribution >= 4 is 5.91 Å². The number of carbonyl (C=O) groups excluding carboxylic acids is 1. The van der Waals surface area contributed by atoms with Gasteiger partial charge in [-0.05, 0) is 12.1 Å². The molecule has 0 atom stereocenters. The molecule has 0 bridgehead atoms. The van der Waals surface area contributed by atoms with E-state index in [9.17, 15) is 4.79 Å². The molecular formula is C11H15NO3. The van der Waals surface area contributed by atoms with Gasteiger partial charge in [-0.2, -0.15) is 0 Å². The molecule has 0 aromatic heterocycles. The van der Waals surface area contributed by atoms with Gasteiger partial charge in [0, 0.05) is 6.42 Å². The summed E-state index contributed by atoms with van der Waals surface area (Å²) in [5.41, 5.74) is 4.95. The smallest absolute Gasteiger partial charge is 0.219 e. The van der Waals surface area contributed by atoms with Crippen LogP contribution >= 0.6 is 0 Å². The van der Waals surface area contributed by atoms with Crippen molar-refractivity contribution in [2.24, 2.45) is 5.73 Å². The van der Waals surface area contributed by atoms with Crippen LogP contribution in [0.5, 0.6) is 5.75 Å². The average Bonchev–Trinajstić information content (AvgIpc) is 2.24. The van der Waals surface area contributed by atoms with Gasteiger partial charge in [-0.3, -0.25) is 4.79 Å². The lowest BCUT2D eigenvalue weighted by molar-refractivity contribution is -0.119. The van der Waals surface area contributed by atoms with Gasteiger partial charge in [-0.25, -0.2) is 0 Å². The molecule has 1 rings (SSSR count). The van der Waals surface area contributed by atoms with Crippen molar-refractivity contribution in [1.29, 1.82) is 0 Å². The molecule has 0 saturated carbocycles. The third kappa shape index (κ3) is 5.70. The highest BCUT2D eigenvalue weighted by molar-refractivity contribution is 5.73. The lowest BCUT2D eigenvalue weighted by Crippen LogP contribution is -2.15. The molecule has 0 saturated heterocycles. The minimum absolute atomic E-state index is 0.255. The Hall–Kier alpha value is -1.55. The number of carbonyl (C=O) groups is 1. The Morgan fingerprint density at radius 3 is 2.53 bits per heavy atom. The molecule has 0 aliphatic carbocycles. The summed E-state index contributed by atoms with van der Waals surface area (Å²) in [4.78, 5) is 10.4. The number of nitrogens with two attached hydrogens (primary N) is 1. The van der Waals surface area contributed by atoms with E-state index in [0.717, 1.165) is 5.75 Å². The van der Waals surface area contributed by atoms with Crippen molar-refractivity contribution in [3.8, 4) is 5.75 Å². The van der Waals surface area contributed by atoms with Crippen LogP contribution in [-0.2, 0) is 9.53 Å². The summed E-state index contributed by atoms with van der Waals surface area (Å²) in [7, 11) is 0. The maximum Gasteiger partial charge on any atom is 0.219 e. The van der Waals surface area contributed by atoms with E-state index in [2.05, 4.69) is 0 Å². The van der Waals surface area contributed by atoms with Gasteiger partial charge in [-0.1, -0.05) is 18.2 Å². The molecule has 15 heavy (non-hydrogen) atoms. The molecular weight excluding hydrogens is 194 g/mol. The van der Waals surface area contributed by atoms with Crippen molar-refractivity contribution in [2.75, 3.05) is 19.8 Å². The Balaban J connectivity index is 2.00. The molecule has 4 heteroatoms. The normalized spacial score (nSPS) is 9.87. The third-order valence-corrected chi connectivity index (χ3v) is 1.73. The summed E-state index contributed by atoms with van der Waals surface area (Å²) in [6.45, 7) is 1.29. The first-order chi connectivity index (χ1) is 7.29. The minimum Gasteiger partial charge on any atom is -0.491 e. The summed E-state index contributed by atoms with van der Waals surface area (Å²) in [6, 6.07) is 9.50. The first-order valence-electron chi connectivity index (χ1n) is 4.83. The number of benzene rings is 1. The van der Waals surface area contributed by atoms with Crippen molar-refractivity contribution in [2.45, 2.75) is 6.42 Å². The molecule has 2 N–H and O–H groups in total. The van der Waals surface area contributed by atoms with Gasteiger partial charge < -0.3 is 15.2 Å². The zero-order valence-corrected chi connectivity index (χ0v) is 8.52. The van der Waals surface area contributed by atoms with Gasteiger partial charge >= 0.3 is 0 Å². The second-order valence-electron chi connectivity index (χ2n) is 2.99. The van der Waals surface area contributed by atoms with Gasteiger partial charge in [0.15, 0.2) is 0 Å². The van der Waals surface area contributed by atoms with E-state index in [1.807, 2.05) is 30.3 Å². The highest BCUT2D eigenvalue weighted by Crippen LogP contribution is 2.07. The van der Waals surface area contributed by atoms with Crippen LogP contribution in [0.25, 0.3) is 0 Å². The van der Waals surface area contributed by atoms with Gasteiger partial charge in [-0.15, -0.1) is 0 Å². The van der Waals surface area contributed by atoms with E-state index in [1.54, 1.807) is 0 Å². The van der Waals surface area contributed by atoms with E-state index in [4.69, 9.17) is 15.2 Å². The average molecular weight is 209 g/mol. The Morgan fingerprint density at radius 2 is 1.87 bits per heavy atom. The molecule has 0 radical (unpaired) electrons. The standard InChI is InChI=1S/C11H15NO3/c12-11(13)6-7-14-8-9-15-10-4-2-1-3-5-10/h1-5H,6-9H2,(H2,12,13). The van der Waals surface area contributed by atoms with Crippen LogP contribution < -0.4 is 10.5 Å². The number of ether oxygens (including phenoxy) is 2. The molecule has 1 amide bonds. The number of rotatable bonds is 7. The molecule has 0 unspecified atom stereocenters. The number of hydrogen-bond donors (Lipinski definition) is 1. The van der Waals surface area contributed by atoms with E-state index in [1.165, 1.54) is 0 Å². The monoisotopic (exact) mass is 209 g/mol. The summed E-state index contributed by atoms with van der Waals surface area (Å²) in [5, 5.41) is 0. The third-order valence-electron chi connectivity index (χ3n) is 1.73. The fourth-order valence-electron chi connectivity index (χ4n) is 1.01. The second kappa shape index (κ2) is 6.84. The Morgan fingerprint density at radius 1 is 1.13 bits per heavy atom. The molecule has 0 spiro atoms. The van der Waals surface area contributed by atoms with E-state index in [-0.39, 0.29) is 12.3 Å². The first-order valence-corrected chi connectivity index (χ1v) is 4.83. The molecule has 1 aromatic carbocycles. The summed E-state index contributed by atoms with van der Waals surface area (Å²) in [6.07, 6.45) is 0.255. The van der Waals surface area contributed by atoms with E-state index >= 15 is 0 Å². The minimum atomic E-state index is -0.348.